The number of amides is 3. The minimum Gasteiger partial charge on any atom is -0.465 e. The summed E-state index contributed by atoms with van der Waals surface area (Å²) < 4.78 is 4.89. The van der Waals surface area contributed by atoms with Crippen LogP contribution in [-0.4, -0.2) is 30.8 Å². The van der Waals surface area contributed by atoms with Crippen LogP contribution in [0.3, 0.4) is 0 Å². The second kappa shape index (κ2) is 7.20. The summed E-state index contributed by atoms with van der Waals surface area (Å²) in [6.07, 6.45) is 3.11. The lowest BCUT2D eigenvalue weighted by molar-refractivity contribution is -0.121. The van der Waals surface area contributed by atoms with Gasteiger partial charge in [0.05, 0.1) is 18.4 Å². The molecule has 2 aromatic rings. The molecule has 1 fully saturated rings. The van der Waals surface area contributed by atoms with Gasteiger partial charge in [-0.2, -0.15) is 0 Å². The highest BCUT2D eigenvalue weighted by atomic mass is 32.1. The number of esters is 1. The summed E-state index contributed by atoms with van der Waals surface area (Å²) in [6, 6.07) is 6.27. The van der Waals surface area contributed by atoms with E-state index < -0.39 is 5.97 Å². The van der Waals surface area contributed by atoms with Crippen LogP contribution in [0.15, 0.2) is 24.3 Å². The molecule has 1 aromatic carbocycles. The van der Waals surface area contributed by atoms with E-state index in [4.69, 9.17) is 4.74 Å². The van der Waals surface area contributed by atoms with E-state index in [0.717, 1.165) is 34.6 Å². The normalized spacial score (nSPS) is 15.7. The second-order valence-corrected chi connectivity index (χ2v) is 7.78. The van der Waals surface area contributed by atoms with E-state index in [0.29, 0.717) is 21.8 Å². The Morgan fingerprint density at radius 2 is 1.71 bits per heavy atom. The molecule has 28 heavy (non-hydrogen) atoms. The number of carbonyl (C=O) groups is 4. The molecule has 1 aliphatic heterocycles. The smallest absolute Gasteiger partial charge is 0.341 e. The molecule has 3 amide bonds. The fourth-order valence-electron chi connectivity index (χ4n) is 3.61. The van der Waals surface area contributed by atoms with Gasteiger partial charge in [-0.25, -0.2) is 4.79 Å². The molecule has 8 heteroatoms. The zero-order valence-electron chi connectivity index (χ0n) is 15.2. The number of fused-ring (bicyclic) bond motifs is 1. The van der Waals surface area contributed by atoms with Crippen molar-refractivity contribution in [3.63, 3.8) is 0 Å². The SMILES string of the molecule is COC(=O)c1c(NC(=O)c2ccc(N3C(=O)CCC3=O)cc2)sc2c1CCC2. The maximum Gasteiger partial charge on any atom is 0.341 e. The predicted molar refractivity (Wildman–Crippen MR) is 104 cm³/mol. The summed E-state index contributed by atoms with van der Waals surface area (Å²) in [7, 11) is 1.33. The van der Waals surface area contributed by atoms with Gasteiger partial charge in [-0.05, 0) is 49.1 Å². The number of carbonyl (C=O) groups excluding carboxylic acids is 4. The Kier molecular flexibility index (Phi) is 4.72. The topological polar surface area (TPSA) is 92.8 Å². The lowest BCUT2D eigenvalue weighted by Gasteiger charge is -2.14. The van der Waals surface area contributed by atoms with Gasteiger partial charge in [-0.3, -0.25) is 19.3 Å². The summed E-state index contributed by atoms with van der Waals surface area (Å²) in [5.41, 5.74) is 2.23. The Morgan fingerprint density at radius 3 is 2.36 bits per heavy atom. The van der Waals surface area contributed by atoms with Crippen LogP contribution < -0.4 is 10.2 Å². The number of thiophene rings is 1. The van der Waals surface area contributed by atoms with Gasteiger partial charge in [0.15, 0.2) is 0 Å². The first-order valence-corrected chi connectivity index (χ1v) is 9.81. The van der Waals surface area contributed by atoms with Crippen molar-refractivity contribution in [3.05, 3.63) is 45.8 Å². The Morgan fingerprint density at radius 1 is 1.04 bits per heavy atom. The van der Waals surface area contributed by atoms with Crippen LogP contribution in [0.1, 0.15) is 50.4 Å². The van der Waals surface area contributed by atoms with Gasteiger partial charge in [0, 0.05) is 23.3 Å². The highest BCUT2D eigenvalue weighted by Gasteiger charge is 2.31. The molecule has 4 rings (SSSR count). The summed E-state index contributed by atoms with van der Waals surface area (Å²) in [4.78, 5) is 50.8. The van der Waals surface area contributed by atoms with Crippen molar-refractivity contribution in [2.75, 3.05) is 17.3 Å². The number of anilines is 2. The molecular weight excluding hydrogens is 380 g/mol. The van der Waals surface area contributed by atoms with Crippen molar-refractivity contribution in [3.8, 4) is 0 Å². The number of ether oxygens (including phenoxy) is 1. The molecule has 0 atom stereocenters. The fraction of sp³-hybridized carbons (Fsp3) is 0.300. The van der Waals surface area contributed by atoms with Gasteiger partial charge in [-0.15, -0.1) is 11.3 Å². The molecule has 0 bridgehead atoms. The molecular formula is C20H18N2O5S. The number of aryl methyl sites for hydroxylation is 1. The summed E-state index contributed by atoms with van der Waals surface area (Å²) in [6.45, 7) is 0. The number of rotatable bonds is 4. The van der Waals surface area contributed by atoms with Crippen molar-refractivity contribution in [1.29, 1.82) is 0 Å². The Labute approximate surface area is 165 Å². The largest absolute Gasteiger partial charge is 0.465 e. The Hall–Kier alpha value is -3.00. The number of nitrogens with zero attached hydrogens (tertiary/aromatic N) is 1. The van der Waals surface area contributed by atoms with E-state index in [2.05, 4.69) is 5.32 Å². The first-order chi connectivity index (χ1) is 13.5. The fourth-order valence-corrected chi connectivity index (χ4v) is 4.88. The number of hydrogen-bond donors (Lipinski definition) is 1. The van der Waals surface area contributed by atoms with Gasteiger partial charge in [0.1, 0.15) is 5.00 Å². The molecule has 1 aromatic heterocycles. The van der Waals surface area contributed by atoms with Crippen molar-refractivity contribution < 1.29 is 23.9 Å². The number of hydrogen-bond acceptors (Lipinski definition) is 6. The van der Waals surface area contributed by atoms with Crippen molar-refractivity contribution in [2.24, 2.45) is 0 Å². The number of benzene rings is 1. The van der Waals surface area contributed by atoms with Crippen LogP contribution in [0.25, 0.3) is 0 Å². The van der Waals surface area contributed by atoms with E-state index in [1.54, 1.807) is 24.3 Å². The average molecular weight is 398 g/mol. The predicted octanol–water partition coefficient (Wildman–Crippen LogP) is 2.93. The van der Waals surface area contributed by atoms with Crippen LogP contribution >= 0.6 is 11.3 Å². The van der Waals surface area contributed by atoms with Crippen molar-refractivity contribution in [2.45, 2.75) is 32.1 Å². The third-order valence-corrected chi connectivity index (χ3v) is 6.18. The minimum absolute atomic E-state index is 0.209. The molecule has 1 saturated heterocycles. The zero-order chi connectivity index (χ0) is 19.8. The molecule has 7 nitrogen and oxygen atoms in total. The average Bonchev–Trinajstić information content (AvgIpc) is 3.36. The molecule has 0 saturated carbocycles. The minimum atomic E-state index is -0.448. The van der Waals surface area contributed by atoms with E-state index in [9.17, 15) is 19.2 Å². The van der Waals surface area contributed by atoms with E-state index in [-0.39, 0.29) is 30.6 Å². The van der Waals surface area contributed by atoms with Crippen LogP contribution in [0.2, 0.25) is 0 Å². The Balaban J connectivity index is 1.56. The monoisotopic (exact) mass is 398 g/mol. The van der Waals surface area contributed by atoms with Crippen LogP contribution in [-0.2, 0) is 27.2 Å². The summed E-state index contributed by atoms with van der Waals surface area (Å²) in [5, 5.41) is 3.31. The standard InChI is InChI=1S/C20H18N2O5S/c1-27-20(26)17-13-3-2-4-14(13)28-19(17)21-18(25)11-5-7-12(8-6-11)22-15(23)9-10-16(22)24/h5-8H,2-4,9-10H2,1H3,(H,21,25). The quantitative estimate of drug-likeness (QED) is 0.631. The van der Waals surface area contributed by atoms with E-state index in [1.165, 1.54) is 18.4 Å². The molecule has 0 unspecified atom stereocenters. The molecule has 0 spiro atoms. The van der Waals surface area contributed by atoms with Crippen molar-refractivity contribution in [1.82, 2.24) is 0 Å². The Bertz CT molecular complexity index is 977. The molecule has 2 aliphatic rings. The maximum absolute atomic E-state index is 12.7. The lowest BCUT2D eigenvalue weighted by Crippen LogP contribution is -2.28. The molecule has 144 valence electrons. The molecule has 1 aliphatic carbocycles. The number of imide groups is 1. The number of nitrogens with one attached hydrogen (secondary N) is 1. The van der Waals surface area contributed by atoms with Crippen LogP contribution in [0.5, 0.6) is 0 Å². The molecule has 0 radical (unpaired) electrons. The third-order valence-electron chi connectivity index (χ3n) is 4.98. The van der Waals surface area contributed by atoms with Gasteiger partial charge in [0.25, 0.3) is 5.91 Å². The zero-order valence-corrected chi connectivity index (χ0v) is 16.1. The second-order valence-electron chi connectivity index (χ2n) is 6.68. The van der Waals surface area contributed by atoms with E-state index >= 15 is 0 Å². The first kappa shape index (κ1) is 18.4. The summed E-state index contributed by atoms with van der Waals surface area (Å²) >= 11 is 1.41. The first-order valence-electron chi connectivity index (χ1n) is 8.99. The highest BCUT2D eigenvalue weighted by Crippen LogP contribution is 2.39. The molecule has 2 heterocycles. The van der Waals surface area contributed by atoms with Crippen LogP contribution in [0, 0.1) is 0 Å². The summed E-state index contributed by atoms with van der Waals surface area (Å²) in [5.74, 6) is -1.29. The highest BCUT2D eigenvalue weighted by molar-refractivity contribution is 7.17. The van der Waals surface area contributed by atoms with E-state index in [1.807, 2.05) is 0 Å². The third kappa shape index (κ3) is 3.09. The molecule has 1 N–H and O–H groups in total. The van der Waals surface area contributed by atoms with Crippen LogP contribution in [0.4, 0.5) is 10.7 Å². The van der Waals surface area contributed by atoms with Gasteiger partial charge >= 0.3 is 5.97 Å². The van der Waals surface area contributed by atoms with Gasteiger partial charge < -0.3 is 10.1 Å². The van der Waals surface area contributed by atoms with Gasteiger partial charge in [-0.1, -0.05) is 0 Å². The lowest BCUT2D eigenvalue weighted by atomic mass is 10.1. The van der Waals surface area contributed by atoms with Crippen molar-refractivity contribution >= 4 is 45.7 Å². The number of methoxy groups -OCH3 is 1. The van der Waals surface area contributed by atoms with Gasteiger partial charge in [0.2, 0.25) is 11.8 Å². The maximum atomic E-state index is 12.7.